The molecular weight excluding hydrogens is 270 g/mol. The zero-order valence-electron chi connectivity index (χ0n) is 9.11. The fraction of sp³-hybridized carbons (Fsp3) is 0.273. The summed E-state index contributed by atoms with van der Waals surface area (Å²) in [7, 11) is 1.84. The van der Waals surface area contributed by atoms with E-state index in [4.69, 9.17) is 5.11 Å². The molecule has 0 aliphatic rings. The number of aliphatic hydroxyl groups is 1. The zero-order valence-corrected chi connectivity index (χ0v) is 10.7. The second-order valence-electron chi connectivity index (χ2n) is 3.64. The second kappa shape index (κ2) is 4.35. The molecular formula is C11H12BrN3O. The van der Waals surface area contributed by atoms with Gasteiger partial charge >= 0.3 is 0 Å². The molecule has 0 bridgehead atoms. The lowest BCUT2D eigenvalue weighted by Gasteiger charge is -2.05. The van der Waals surface area contributed by atoms with Gasteiger partial charge in [-0.05, 0) is 24.6 Å². The van der Waals surface area contributed by atoms with Gasteiger partial charge in [-0.1, -0.05) is 22.0 Å². The van der Waals surface area contributed by atoms with Crippen molar-refractivity contribution in [1.82, 2.24) is 14.8 Å². The van der Waals surface area contributed by atoms with Gasteiger partial charge < -0.3 is 9.67 Å². The fourth-order valence-electron chi connectivity index (χ4n) is 1.54. The highest BCUT2D eigenvalue weighted by molar-refractivity contribution is 9.10. The number of hydrogen-bond donors (Lipinski definition) is 1. The first-order chi connectivity index (χ1) is 7.63. The molecule has 2 aromatic rings. The van der Waals surface area contributed by atoms with Gasteiger partial charge in [-0.25, -0.2) is 0 Å². The summed E-state index contributed by atoms with van der Waals surface area (Å²) >= 11 is 3.51. The van der Waals surface area contributed by atoms with Crippen LogP contribution in [0.2, 0.25) is 0 Å². The summed E-state index contributed by atoms with van der Waals surface area (Å²) in [4.78, 5) is 0. The summed E-state index contributed by atoms with van der Waals surface area (Å²) in [6.45, 7) is 1.93. The Morgan fingerprint density at radius 2 is 2.12 bits per heavy atom. The first-order valence-electron chi connectivity index (χ1n) is 4.89. The van der Waals surface area contributed by atoms with E-state index in [1.165, 1.54) is 5.56 Å². The lowest BCUT2D eigenvalue weighted by atomic mass is 10.1. The molecule has 0 unspecified atom stereocenters. The van der Waals surface area contributed by atoms with Crippen molar-refractivity contribution < 1.29 is 5.11 Å². The topological polar surface area (TPSA) is 50.9 Å². The van der Waals surface area contributed by atoms with Gasteiger partial charge in [0.15, 0.2) is 11.6 Å². The van der Waals surface area contributed by atoms with Crippen molar-refractivity contribution in [2.75, 3.05) is 0 Å². The SMILES string of the molecule is Cc1ccc(-c2nnc(CO)n2C)c(Br)c1. The molecule has 0 aliphatic carbocycles. The van der Waals surface area contributed by atoms with E-state index in [-0.39, 0.29) is 6.61 Å². The Bertz CT molecular complexity index is 522. The molecule has 4 nitrogen and oxygen atoms in total. The van der Waals surface area contributed by atoms with Gasteiger partial charge in [-0.15, -0.1) is 10.2 Å². The molecule has 1 aromatic heterocycles. The molecule has 16 heavy (non-hydrogen) atoms. The third-order valence-electron chi connectivity index (χ3n) is 2.47. The van der Waals surface area contributed by atoms with E-state index < -0.39 is 0 Å². The zero-order chi connectivity index (χ0) is 11.7. The number of aliphatic hydroxyl groups excluding tert-OH is 1. The standard InChI is InChI=1S/C11H12BrN3O/c1-7-3-4-8(9(12)5-7)11-14-13-10(6-16)15(11)2/h3-5,16H,6H2,1-2H3. The Kier molecular flexibility index (Phi) is 3.07. The summed E-state index contributed by atoms with van der Waals surface area (Å²) in [6.07, 6.45) is 0. The van der Waals surface area contributed by atoms with Gasteiger partial charge in [0.25, 0.3) is 0 Å². The lowest BCUT2D eigenvalue weighted by molar-refractivity contribution is 0.267. The van der Waals surface area contributed by atoms with Crippen LogP contribution >= 0.6 is 15.9 Å². The third kappa shape index (κ3) is 1.88. The van der Waals surface area contributed by atoms with E-state index in [0.717, 1.165) is 15.9 Å². The maximum atomic E-state index is 9.06. The van der Waals surface area contributed by atoms with Crippen LogP contribution < -0.4 is 0 Å². The van der Waals surface area contributed by atoms with E-state index in [1.807, 2.05) is 32.2 Å². The van der Waals surface area contributed by atoms with Crippen molar-refractivity contribution in [2.45, 2.75) is 13.5 Å². The predicted octanol–water partition coefficient (Wildman–Crippen LogP) is 2.05. The molecule has 0 spiro atoms. The van der Waals surface area contributed by atoms with E-state index in [9.17, 15) is 0 Å². The Labute approximate surface area is 102 Å². The molecule has 0 amide bonds. The van der Waals surface area contributed by atoms with E-state index in [1.54, 1.807) is 4.57 Å². The van der Waals surface area contributed by atoms with Crippen molar-refractivity contribution in [2.24, 2.45) is 7.05 Å². The largest absolute Gasteiger partial charge is 0.388 e. The summed E-state index contributed by atoms with van der Waals surface area (Å²) in [5.41, 5.74) is 2.15. The van der Waals surface area contributed by atoms with Gasteiger partial charge in [-0.3, -0.25) is 0 Å². The van der Waals surface area contributed by atoms with Gasteiger partial charge in [-0.2, -0.15) is 0 Å². The van der Waals surface area contributed by atoms with Crippen LogP contribution in [0.3, 0.4) is 0 Å². The maximum Gasteiger partial charge on any atom is 0.164 e. The second-order valence-corrected chi connectivity index (χ2v) is 4.49. The van der Waals surface area contributed by atoms with Gasteiger partial charge in [0, 0.05) is 17.1 Å². The van der Waals surface area contributed by atoms with Crippen LogP contribution in [0, 0.1) is 6.92 Å². The fourth-order valence-corrected chi connectivity index (χ4v) is 2.21. The first kappa shape index (κ1) is 11.3. The van der Waals surface area contributed by atoms with Crippen LogP contribution in [0.1, 0.15) is 11.4 Å². The van der Waals surface area contributed by atoms with Crippen LogP contribution in [0.15, 0.2) is 22.7 Å². The molecule has 0 aliphatic heterocycles. The number of nitrogens with zero attached hydrogens (tertiary/aromatic N) is 3. The van der Waals surface area contributed by atoms with Crippen LogP contribution in [0.4, 0.5) is 0 Å². The first-order valence-corrected chi connectivity index (χ1v) is 5.68. The highest BCUT2D eigenvalue weighted by atomic mass is 79.9. The average molecular weight is 282 g/mol. The molecule has 5 heteroatoms. The van der Waals surface area contributed by atoms with E-state index >= 15 is 0 Å². The van der Waals surface area contributed by atoms with Crippen molar-refractivity contribution >= 4 is 15.9 Å². The molecule has 1 aromatic carbocycles. The highest BCUT2D eigenvalue weighted by Crippen LogP contribution is 2.27. The lowest BCUT2D eigenvalue weighted by Crippen LogP contribution is -1.99. The van der Waals surface area contributed by atoms with Crippen LogP contribution in [0.25, 0.3) is 11.4 Å². The molecule has 1 N–H and O–H groups in total. The van der Waals surface area contributed by atoms with Crippen molar-refractivity contribution in [3.05, 3.63) is 34.1 Å². The Hall–Kier alpha value is -1.20. The minimum absolute atomic E-state index is 0.104. The molecule has 0 radical (unpaired) electrons. The summed E-state index contributed by atoms with van der Waals surface area (Å²) < 4.78 is 2.77. The molecule has 1 heterocycles. The van der Waals surface area contributed by atoms with Gasteiger partial charge in [0.1, 0.15) is 6.61 Å². The van der Waals surface area contributed by atoms with Crippen LogP contribution in [-0.2, 0) is 13.7 Å². The summed E-state index contributed by atoms with van der Waals surface area (Å²) in [5.74, 6) is 1.30. The highest BCUT2D eigenvalue weighted by Gasteiger charge is 2.12. The van der Waals surface area contributed by atoms with Crippen molar-refractivity contribution in [3.63, 3.8) is 0 Å². The maximum absolute atomic E-state index is 9.06. The third-order valence-corrected chi connectivity index (χ3v) is 3.13. The number of halogens is 1. The predicted molar refractivity (Wildman–Crippen MR) is 64.8 cm³/mol. The number of aromatic nitrogens is 3. The summed E-state index contributed by atoms with van der Waals surface area (Å²) in [6, 6.07) is 6.04. The molecule has 0 atom stereocenters. The van der Waals surface area contributed by atoms with E-state index in [2.05, 4.69) is 26.1 Å². The monoisotopic (exact) mass is 281 g/mol. The van der Waals surface area contributed by atoms with Gasteiger partial charge in [0.05, 0.1) is 0 Å². The Balaban J connectivity index is 2.54. The molecule has 0 saturated carbocycles. The normalized spacial score (nSPS) is 10.8. The minimum atomic E-state index is -0.104. The van der Waals surface area contributed by atoms with Crippen molar-refractivity contribution in [3.8, 4) is 11.4 Å². The smallest absolute Gasteiger partial charge is 0.164 e. The Morgan fingerprint density at radius 3 is 2.69 bits per heavy atom. The molecule has 84 valence electrons. The van der Waals surface area contributed by atoms with Gasteiger partial charge in [0.2, 0.25) is 0 Å². The molecule has 0 saturated heterocycles. The number of benzene rings is 1. The average Bonchev–Trinajstić information content (AvgIpc) is 2.60. The molecule has 2 rings (SSSR count). The Morgan fingerprint density at radius 1 is 1.38 bits per heavy atom. The van der Waals surface area contributed by atoms with Crippen LogP contribution in [0.5, 0.6) is 0 Å². The minimum Gasteiger partial charge on any atom is -0.388 e. The number of aryl methyl sites for hydroxylation is 1. The van der Waals surface area contributed by atoms with E-state index in [0.29, 0.717) is 5.82 Å². The number of hydrogen-bond acceptors (Lipinski definition) is 3. The van der Waals surface area contributed by atoms with Crippen molar-refractivity contribution in [1.29, 1.82) is 0 Å². The van der Waals surface area contributed by atoms with Crippen LogP contribution in [-0.4, -0.2) is 19.9 Å². The quantitative estimate of drug-likeness (QED) is 0.917. The summed E-state index contributed by atoms with van der Waals surface area (Å²) in [5, 5.41) is 17.0. The number of rotatable bonds is 2. The molecule has 0 fully saturated rings.